The zero-order valence-electron chi connectivity index (χ0n) is 13.7. The quantitative estimate of drug-likeness (QED) is 0.587. The Morgan fingerprint density at radius 1 is 1.28 bits per heavy atom. The fraction of sp³-hybridized carbons (Fsp3) is 0.438. The lowest BCUT2D eigenvalue weighted by Crippen LogP contribution is -2.49. The zero-order valence-corrected chi connectivity index (χ0v) is 14.6. The third-order valence-electron chi connectivity index (χ3n) is 4.88. The lowest BCUT2D eigenvalue weighted by molar-refractivity contribution is 0.101. The molecule has 1 aromatic carbocycles. The van der Waals surface area contributed by atoms with Crippen molar-refractivity contribution in [3.05, 3.63) is 40.7 Å². The first kappa shape index (κ1) is 17.9. The second-order valence-corrected chi connectivity index (χ2v) is 7.95. The monoisotopic (exact) mass is 366 g/mol. The van der Waals surface area contributed by atoms with Crippen molar-refractivity contribution in [1.82, 2.24) is 9.71 Å². The molecule has 136 valence electrons. The standard InChI is InChI=1S/C16H22N4O4S/c17-25(23,24)18-10-16(11-21)5-7-20(8-6-16)14-9-15(22)19-13-4-2-1-3-12(13)14/h1-4,9,18,21H,5-8,10-11H2,(H,19,22)(H2,17,23,24). The number of hydrogen-bond acceptors (Lipinski definition) is 5. The number of aromatic nitrogens is 1. The summed E-state index contributed by atoms with van der Waals surface area (Å²) in [7, 11) is -3.79. The molecule has 0 saturated carbocycles. The van der Waals surface area contributed by atoms with Crippen molar-refractivity contribution in [3.63, 3.8) is 0 Å². The highest BCUT2D eigenvalue weighted by atomic mass is 32.2. The van der Waals surface area contributed by atoms with E-state index in [1.807, 2.05) is 24.3 Å². The molecule has 1 aliphatic heterocycles. The number of H-pyrrole nitrogens is 1. The number of anilines is 1. The number of nitrogens with one attached hydrogen (secondary N) is 2. The number of rotatable bonds is 5. The number of fused-ring (bicyclic) bond motifs is 1. The van der Waals surface area contributed by atoms with E-state index in [1.165, 1.54) is 0 Å². The van der Waals surface area contributed by atoms with E-state index >= 15 is 0 Å². The third kappa shape index (κ3) is 4.01. The molecule has 0 amide bonds. The fourth-order valence-corrected chi connectivity index (χ4v) is 3.82. The molecule has 1 aromatic heterocycles. The van der Waals surface area contributed by atoms with Crippen molar-refractivity contribution in [2.75, 3.05) is 31.1 Å². The summed E-state index contributed by atoms with van der Waals surface area (Å²) in [5.41, 5.74) is 0.925. The van der Waals surface area contributed by atoms with Crippen LogP contribution in [0, 0.1) is 5.41 Å². The number of piperidine rings is 1. The predicted octanol–water partition coefficient (Wildman–Crippen LogP) is -0.0999. The molecule has 0 unspecified atom stereocenters. The van der Waals surface area contributed by atoms with E-state index in [0.717, 1.165) is 16.6 Å². The molecule has 0 atom stereocenters. The molecule has 1 saturated heterocycles. The highest BCUT2D eigenvalue weighted by molar-refractivity contribution is 7.87. The van der Waals surface area contributed by atoms with E-state index in [2.05, 4.69) is 14.6 Å². The molecule has 2 aromatic rings. The highest BCUT2D eigenvalue weighted by Gasteiger charge is 2.35. The molecule has 5 N–H and O–H groups in total. The molecular formula is C16H22N4O4S. The summed E-state index contributed by atoms with van der Waals surface area (Å²) in [6, 6.07) is 9.18. The van der Waals surface area contributed by atoms with Gasteiger partial charge in [-0.15, -0.1) is 0 Å². The molecule has 8 nitrogen and oxygen atoms in total. The Morgan fingerprint density at radius 2 is 1.96 bits per heavy atom. The third-order valence-corrected chi connectivity index (χ3v) is 5.42. The SMILES string of the molecule is NS(=O)(=O)NCC1(CO)CCN(c2cc(=O)[nH]c3ccccc23)CC1. The Bertz CT molecular complexity index is 917. The summed E-state index contributed by atoms with van der Waals surface area (Å²) in [5, 5.41) is 15.7. The van der Waals surface area contributed by atoms with Gasteiger partial charge in [0.2, 0.25) is 5.56 Å². The lowest BCUT2D eigenvalue weighted by Gasteiger charge is -2.41. The van der Waals surface area contributed by atoms with Crippen LogP contribution in [0.15, 0.2) is 35.1 Å². The van der Waals surface area contributed by atoms with Crippen LogP contribution >= 0.6 is 0 Å². The molecule has 9 heteroatoms. The Kier molecular flexibility index (Phi) is 4.83. The molecule has 2 heterocycles. The van der Waals surface area contributed by atoms with Crippen LogP contribution in [0.5, 0.6) is 0 Å². The van der Waals surface area contributed by atoms with Gasteiger partial charge in [0.05, 0.1) is 17.8 Å². The van der Waals surface area contributed by atoms with Crippen LogP contribution in [0.1, 0.15) is 12.8 Å². The Hall–Kier alpha value is -1.94. The van der Waals surface area contributed by atoms with Crippen molar-refractivity contribution >= 4 is 26.8 Å². The number of para-hydroxylation sites is 1. The van der Waals surface area contributed by atoms with Gasteiger partial charge in [-0.25, -0.2) is 9.86 Å². The Labute approximate surface area is 145 Å². The predicted molar refractivity (Wildman–Crippen MR) is 96.6 cm³/mol. The Balaban J connectivity index is 1.81. The molecule has 0 radical (unpaired) electrons. The van der Waals surface area contributed by atoms with Gasteiger partial charge in [-0.3, -0.25) is 4.79 Å². The molecule has 0 spiro atoms. The summed E-state index contributed by atoms with van der Waals surface area (Å²) in [6.45, 7) is 1.20. The van der Waals surface area contributed by atoms with Gasteiger partial charge in [0.1, 0.15) is 0 Å². The van der Waals surface area contributed by atoms with Crippen molar-refractivity contribution in [2.45, 2.75) is 12.8 Å². The van der Waals surface area contributed by atoms with Crippen LogP contribution in [0.4, 0.5) is 5.69 Å². The maximum Gasteiger partial charge on any atom is 0.274 e. The molecule has 1 aliphatic rings. The minimum atomic E-state index is -3.79. The average Bonchev–Trinajstić information content (AvgIpc) is 2.59. The van der Waals surface area contributed by atoms with Crippen LogP contribution in [0.3, 0.4) is 0 Å². The van der Waals surface area contributed by atoms with Crippen molar-refractivity contribution in [3.8, 4) is 0 Å². The summed E-state index contributed by atoms with van der Waals surface area (Å²) >= 11 is 0. The van der Waals surface area contributed by atoms with Gasteiger partial charge in [-0.05, 0) is 18.9 Å². The molecule has 25 heavy (non-hydrogen) atoms. The highest BCUT2D eigenvalue weighted by Crippen LogP contribution is 2.34. The first-order valence-electron chi connectivity index (χ1n) is 8.07. The van der Waals surface area contributed by atoms with E-state index in [1.54, 1.807) is 6.07 Å². The molecule has 0 bridgehead atoms. The van der Waals surface area contributed by atoms with Crippen LogP contribution in [-0.2, 0) is 10.2 Å². The number of nitrogens with two attached hydrogens (primary N) is 1. The first-order valence-corrected chi connectivity index (χ1v) is 9.62. The second-order valence-electron chi connectivity index (χ2n) is 6.58. The topological polar surface area (TPSA) is 129 Å². The number of aliphatic hydroxyl groups is 1. The second kappa shape index (κ2) is 6.75. The summed E-state index contributed by atoms with van der Waals surface area (Å²) < 4.78 is 24.6. The normalized spacial score (nSPS) is 17.8. The van der Waals surface area contributed by atoms with E-state index in [-0.39, 0.29) is 18.7 Å². The van der Waals surface area contributed by atoms with Crippen molar-refractivity contribution in [1.29, 1.82) is 0 Å². The average molecular weight is 366 g/mol. The fourth-order valence-electron chi connectivity index (χ4n) is 3.31. The number of aliphatic hydroxyl groups excluding tert-OH is 1. The smallest absolute Gasteiger partial charge is 0.274 e. The molecule has 3 rings (SSSR count). The zero-order chi connectivity index (χ0) is 18.1. The molecule has 0 aliphatic carbocycles. The number of aromatic amines is 1. The number of nitrogens with zero attached hydrogens (tertiary/aromatic N) is 1. The maximum absolute atomic E-state index is 11.9. The van der Waals surface area contributed by atoms with Gasteiger partial charge in [0.25, 0.3) is 10.2 Å². The molecule has 1 fully saturated rings. The van der Waals surface area contributed by atoms with E-state index < -0.39 is 15.6 Å². The van der Waals surface area contributed by atoms with Gasteiger partial charge in [0.15, 0.2) is 0 Å². The van der Waals surface area contributed by atoms with E-state index in [0.29, 0.717) is 25.9 Å². The van der Waals surface area contributed by atoms with Gasteiger partial charge >= 0.3 is 0 Å². The number of pyridine rings is 1. The number of benzene rings is 1. The van der Waals surface area contributed by atoms with Crippen LogP contribution in [0.25, 0.3) is 10.9 Å². The summed E-state index contributed by atoms with van der Waals surface area (Å²) in [6.07, 6.45) is 1.18. The Morgan fingerprint density at radius 3 is 2.60 bits per heavy atom. The maximum atomic E-state index is 11.9. The van der Waals surface area contributed by atoms with Gasteiger partial charge in [0, 0.05) is 36.5 Å². The summed E-state index contributed by atoms with van der Waals surface area (Å²) in [5.74, 6) is 0. The summed E-state index contributed by atoms with van der Waals surface area (Å²) in [4.78, 5) is 16.9. The van der Waals surface area contributed by atoms with E-state index in [9.17, 15) is 18.3 Å². The van der Waals surface area contributed by atoms with Gasteiger partial charge in [-0.1, -0.05) is 18.2 Å². The van der Waals surface area contributed by atoms with E-state index in [4.69, 9.17) is 5.14 Å². The van der Waals surface area contributed by atoms with Crippen LogP contribution in [0.2, 0.25) is 0 Å². The van der Waals surface area contributed by atoms with Crippen molar-refractivity contribution in [2.24, 2.45) is 10.6 Å². The molecular weight excluding hydrogens is 344 g/mol. The lowest BCUT2D eigenvalue weighted by atomic mass is 9.79. The number of hydrogen-bond donors (Lipinski definition) is 4. The minimum Gasteiger partial charge on any atom is -0.396 e. The van der Waals surface area contributed by atoms with Crippen molar-refractivity contribution < 1.29 is 13.5 Å². The van der Waals surface area contributed by atoms with Gasteiger partial charge < -0.3 is 15.0 Å². The minimum absolute atomic E-state index is 0.103. The van der Waals surface area contributed by atoms with Crippen LogP contribution < -0.4 is 20.3 Å². The van der Waals surface area contributed by atoms with Crippen LogP contribution in [-0.4, -0.2) is 44.7 Å². The first-order chi connectivity index (χ1) is 11.8. The largest absolute Gasteiger partial charge is 0.396 e. The van der Waals surface area contributed by atoms with Gasteiger partial charge in [-0.2, -0.15) is 8.42 Å².